The Kier molecular flexibility index (Phi) is 12.3. The van der Waals surface area contributed by atoms with E-state index in [4.69, 9.17) is 9.47 Å². The van der Waals surface area contributed by atoms with Crippen LogP contribution in [0, 0.1) is 17.6 Å². The third-order valence-electron chi connectivity index (χ3n) is 11.3. The van der Waals surface area contributed by atoms with E-state index in [1.54, 1.807) is 18.2 Å². The van der Waals surface area contributed by atoms with Gasteiger partial charge in [0.05, 0.1) is 30.6 Å². The smallest absolute Gasteiger partial charge is 0.329 e. The van der Waals surface area contributed by atoms with Crippen molar-refractivity contribution in [2.24, 2.45) is 5.92 Å². The molecule has 7 rings (SSSR count). The van der Waals surface area contributed by atoms with Gasteiger partial charge in [-0.3, -0.25) is 24.0 Å². The van der Waals surface area contributed by atoms with Gasteiger partial charge in [-0.05, 0) is 74.9 Å². The van der Waals surface area contributed by atoms with Gasteiger partial charge in [-0.15, -0.1) is 0 Å². The molecular weight excluding hydrogens is 788 g/mol. The number of fused-ring (bicyclic) bond motifs is 4. The minimum absolute atomic E-state index is 0.00155. The monoisotopic (exact) mass is 835 g/mol. The lowest BCUT2D eigenvalue weighted by Gasteiger charge is -2.39. The van der Waals surface area contributed by atoms with E-state index >= 15 is 0 Å². The number of hydrogen-bond donors (Lipinski definition) is 5. The molecule has 5 N–H and O–H groups in total. The number of aromatic nitrogens is 2. The molecule has 4 fully saturated rings. The third-order valence-corrected chi connectivity index (χ3v) is 11.3. The molecule has 320 valence electrons. The van der Waals surface area contributed by atoms with Gasteiger partial charge in [0.25, 0.3) is 0 Å². The second-order valence-corrected chi connectivity index (χ2v) is 15.8. The number of amides is 7. The first-order valence-corrected chi connectivity index (χ1v) is 19.9. The number of rotatable bonds is 6. The largest absolute Gasteiger partial charge is 0.458 e. The fourth-order valence-electron chi connectivity index (χ4n) is 8.35. The average molecular weight is 836 g/mol. The molecule has 18 nitrogen and oxygen atoms in total. The molecule has 0 bridgehead atoms. The van der Waals surface area contributed by atoms with Crippen LogP contribution in [-0.4, -0.2) is 141 Å². The number of H-pyrrole nitrogens is 1. The summed E-state index contributed by atoms with van der Waals surface area (Å²) in [5.74, 6) is -6.38. The van der Waals surface area contributed by atoms with Crippen molar-refractivity contribution in [1.29, 1.82) is 0 Å². The fraction of sp³-hybridized carbons (Fsp3) is 0.500. The Morgan fingerprint density at radius 2 is 1.67 bits per heavy atom. The molecule has 2 aromatic carbocycles. The summed E-state index contributed by atoms with van der Waals surface area (Å²) in [6, 6.07) is -0.997. The van der Waals surface area contributed by atoms with Crippen molar-refractivity contribution in [3.8, 4) is 0 Å². The van der Waals surface area contributed by atoms with Crippen molar-refractivity contribution in [1.82, 2.24) is 40.6 Å². The minimum atomic E-state index is -1.66. The molecule has 20 heteroatoms. The van der Waals surface area contributed by atoms with E-state index in [9.17, 15) is 42.3 Å². The number of hydrogen-bond acceptors (Lipinski definition) is 10. The summed E-state index contributed by atoms with van der Waals surface area (Å²) in [4.78, 5) is 109. The van der Waals surface area contributed by atoms with E-state index < -0.39 is 102 Å². The van der Waals surface area contributed by atoms with E-state index in [1.807, 2.05) is 6.92 Å². The Morgan fingerprint density at radius 1 is 0.917 bits per heavy atom. The van der Waals surface area contributed by atoms with Crippen LogP contribution in [0.25, 0.3) is 11.0 Å². The van der Waals surface area contributed by atoms with Gasteiger partial charge in [0, 0.05) is 37.8 Å². The van der Waals surface area contributed by atoms with Gasteiger partial charge >= 0.3 is 12.0 Å². The number of imidazole rings is 1. The number of halogens is 2. The highest BCUT2D eigenvalue weighted by molar-refractivity contribution is 5.99. The van der Waals surface area contributed by atoms with E-state index in [-0.39, 0.29) is 57.2 Å². The van der Waals surface area contributed by atoms with Crippen molar-refractivity contribution < 1.29 is 51.8 Å². The summed E-state index contributed by atoms with van der Waals surface area (Å²) in [5, 5.41) is 10.4. The fourth-order valence-corrected chi connectivity index (χ4v) is 8.35. The number of esters is 1. The number of morpholine rings is 1. The zero-order valence-electron chi connectivity index (χ0n) is 33.2. The standard InChI is InChI=1S/C40H47F2N9O9/c1-20-11-31-39(57)60-22(3)33(38(56)49-8-4-5-30(49)37(55)50-9-10-59-18-32(50)35(53)45-21(2)36(54)51(31)17-20)48-34(52)29(14-23-12-24(41)15-25(42)13-23)47-40(58)46-26-6-7-27-28(16-26)44-19-43-27/h6-7,12-13,15-16,19-22,29-33H,4-5,8-11,14,17-18H2,1-3H3,(H,43,44)(H,45,53)(H,48,52)(H2,46,47,58)/t20-,21+,22+,29+,30+,31+,32+,33+/m1/s1. The average Bonchev–Trinajstić information content (AvgIpc) is 3.98. The van der Waals surface area contributed by atoms with Crippen LogP contribution in [0.2, 0.25) is 0 Å². The third kappa shape index (κ3) is 9.02. The van der Waals surface area contributed by atoms with Crippen LogP contribution in [0.5, 0.6) is 0 Å². The second-order valence-electron chi connectivity index (χ2n) is 15.8. The van der Waals surface area contributed by atoms with Crippen LogP contribution >= 0.6 is 0 Å². The van der Waals surface area contributed by atoms with Gasteiger partial charge in [-0.25, -0.2) is 23.4 Å². The molecule has 0 unspecified atom stereocenters. The molecular formula is C40H47F2N9O9. The summed E-state index contributed by atoms with van der Waals surface area (Å²) in [6.07, 6.45) is 0.451. The molecule has 0 aliphatic carbocycles. The number of cyclic esters (lactones) is 1. The normalized spacial score (nSPS) is 27.1. The maximum Gasteiger partial charge on any atom is 0.329 e. The first-order chi connectivity index (χ1) is 28.7. The van der Waals surface area contributed by atoms with Gasteiger partial charge in [0.15, 0.2) is 0 Å². The van der Waals surface area contributed by atoms with Crippen LogP contribution in [-0.2, 0) is 44.7 Å². The number of nitrogens with one attached hydrogen (secondary N) is 5. The first-order valence-electron chi connectivity index (χ1n) is 19.9. The molecule has 5 heterocycles. The molecule has 4 aliphatic rings. The van der Waals surface area contributed by atoms with E-state index in [0.29, 0.717) is 29.2 Å². The summed E-state index contributed by atoms with van der Waals surface area (Å²) >= 11 is 0. The molecule has 0 saturated carbocycles. The molecule has 3 aromatic rings. The minimum Gasteiger partial charge on any atom is -0.458 e. The summed E-state index contributed by atoms with van der Waals surface area (Å²) in [6.45, 7) is 4.96. The van der Waals surface area contributed by atoms with Crippen molar-refractivity contribution in [2.75, 3.05) is 38.2 Å². The zero-order valence-corrected chi connectivity index (χ0v) is 33.2. The van der Waals surface area contributed by atoms with E-state index in [1.165, 1.54) is 34.9 Å². The zero-order chi connectivity index (χ0) is 42.8. The molecule has 60 heavy (non-hydrogen) atoms. The van der Waals surface area contributed by atoms with Crippen molar-refractivity contribution >= 4 is 58.3 Å². The van der Waals surface area contributed by atoms with Gasteiger partial charge < -0.3 is 50.4 Å². The molecule has 7 amide bonds. The number of carbonyl (C=O) groups excluding carboxylic acids is 7. The lowest BCUT2D eigenvalue weighted by atomic mass is 10.0. The van der Waals surface area contributed by atoms with Gasteiger partial charge in [-0.1, -0.05) is 6.92 Å². The van der Waals surface area contributed by atoms with Crippen LogP contribution < -0.4 is 21.3 Å². The SMILES string of the molecule is C[C@@H]1C[C@H]2C(=O)O[C@@H](C)[C@H](NC(=O)[C@H](Cc3cc(F)cc(F)c3)NC(=O)Nc3ccc4[nH]cnc4c3)C(=O)N3CCC[C@H]3C(=O)N3CCOC[C@H]3C(=O)N[C@@H](C)C(=O)N2C1. The number of anilines is 1. The Hall–Kier alpha value is -6.18. The second kappa shape index (κ2) is 17.6. The lowest BCUT2D eigenvalue weighted by Crippen LogP contribution is -2.64. The lowest BCUT2D eigenvalue weighted by molar-refractivity contribution is -0.164. The first kappa shape index (κ1) is 42.0. The number of benzene rings is 2. The van der Waals surface area contributed by atoms with Crippen LogP contribution in [0.3, 0.4) is 0 Å². The highest BCUT2D eigenvalue weighted by Gasteiger charge is 2.47. The molecule has 8 atom stereocenters. The predicted octanol–water partition coefficient (Wildman–Crippen LogP) is 0.964. The van der Waals surface area contributed by atoms with Crippen molar-refractivity contribution in [2.45, 2.75) is 88.8 Å². The highest BCUT2D eigenvalue weighted by atomic mass is 19.1. The van der Waals surface area contributed by atoms with E-state index in [2.05, 4.69) is 31.2 Å². The molecule has 4 aliphatic heterocycles. The number of ether oxygens (including phenoxy) is 2. The number of aromatic amines is 1. The quantitative estimate of drug-likeness (QED) is 0.221. The van der Waals surface area contributed by atoms with Crippen LogP contribution in [0.4, 0.5) is 19.3 Å². The predicted molar refractivity (Wildman–Crippen MR) is 208 cm³/mol. The Balaban J connectivity index is 1.21. The Bertz CT molecular complexity index is 2170. The summed E-state index contributed by atoms with van der Waals surface area (Å²) in [7, 11) is 0. The van der Waals surface area contributed by atoms with Crippen LogP contribution in [0.15, 0.2) is 42.7 Å². The van der Waals surface area contributed by atoms with E-state index in [0.717, 1.165) is 12.1 Å². The van der Waals surface area contributed by atoms with Gasteiger partial charge in [-0.2, -0.15) is 0 Å². The molecule has 1 aromatic heterocycles. The molecule has 0 radical (unpaired) electrons. The van der Waals surface area contributed by atoms with Crippen molar-refractivity contribution in [3.05, 3.63) is 59.9 Å². The maximum absolute atomic E-state index is 14.7. The van der Waals surface area contributed by atoms with Gasteiger partial charge in [0.2, 0.25) is 29.5 Å². The molecule has 4 saturated heterocycles. The number of urea groups is 1. The summed E-state index contributed by atoms with van der Waals surface area (Å²) in [5.41, 5.74) is 1.55. The topological polar surface area (TPSA) is 224 Å². The molecule has 0 spiro atoms. The maximum atomic E-state index is 14.7. The van der Waals surface area contributed by atoms with Crippen molar-refractivity contribution in [3.63, 3.8) is 0 Å². The van der Waals surface area contributed by atoms with Gasteiger partial charge in [0.1, 0.15) is 54.0 Å². The highest BCUT2D eigenvalue weighted by Crippen LogP contribution is 2.28. The number of nitrogens with zero attached hydrogens (tertiary/aromatic N) is 4. The summed E-state index contributed by atoms with van der Waals surface area (Å²) < 4.78 is 40.2. The van der Waals surface area contributed by atoms with Crippen LogP contribution in [0.1, 0.15) is 45.6 Å². The Labute approximate surface area is 343 Å². The number of carbonyl (C=O) groups is 7. The Morgan fingerprint density at radius 3 is 2.43 bits per heavy atom.